The van der Waals surface area contributed by atoms with Gasteiger partial charge in [-0.1, -0.05) is 18.2 Å². The van der Waals surface area contributed by atoms with Gasteiger partial charge in [-0.25, -0.2) is 4.39 Å². The number of carbonyl (C=O) groups excluding carboxylic acids is 1. The Morgan fingerprint density at radius 1 is 1.29 bits per heavy atom. The number of nitrogens with zero attached hydrogens (tertiary/aromatic N) is 1. The largest absolute Gasteiger partial charge is 0.348 e. The summed E-state index contributed by atoms with van der Waals surface area (Å²) in [6.07, 6.45) is 2.88. The molecule has 1 aromatic heterocycles. The summed E-state index contributed by atoms with van der Waals surface area (Å²) in [6, 6.07) is 9.50. The van der Waals surface area contributed by atoms with Crippen molar-refractivity contribution in [2.24, 2.45) is 0 Å². The van der Waals surface area contributed by atoms with Gasteiger partial charge in [0.15, 0.2) is 0 Å². The van der Waals surface area contributed by atoms with Gasteiger partial charge in [-0.2, -0.15) is 0 Å². The van der Waals surface area contributed by atoms with E-state index >= 15 is 0 Å². The first-order chi connectivity index (χ1) is 10.1. The third-order valence-corrected chi connectivity index (χ3v) is 3.76. The molecule has 2 aromatic rings. The zero-order valence-corrected chi connectivity index (χ0v) is 11.4. The average molecular weight is 286 g/mol. The molecule has 1 aliphatic carbocycles. The predicted molar refractivity (Wildman–Crippen MR) is 76.3 cm³/mol. The van der Waals surface area contributed by atoms with Crippen molar-refractivity contribution >= 4 is 5.91 Å². The lowest BCUT2D eigenvalue weighted by Crippen LogP contribution is -2.33. The summed E-state index contributed by atoms with van der Waals surface area (Å²) in [6.45, 7) is -0.0270. The fraction of sp³-hybridized carbons (Fsp3) is 0.250. The zero-order chi connectivity index (χ0) is 14.8. The van der Waals surface area contributed by atoms with Crippen LogP contribution in [0.2, 0.25) is 0 Å². The molecule has 4 nitrogen and oxygen atoms in total. The standard InChI is InChI=1S/C16H15FN2O2/c17-13-5-3-4-12-11(13)7-8-14(12)18-15(20)10-19-9-2-1-6-16(19)21/h1-6,9,14H,7-8,10H2,(H,18,20). The summed E-state index contributed by atoms with van der Waals surface area (Å²) in [5.41, 5.74) is 1.30. The van der Waals surface area contributed by atoms with Crippen molar-refractivity contribution in [2.75, 3.05) is 0 Å². The maximum absolute atomic E-state index is 13.6. The van der Waals surface area contributed by atoms with Gasteiger partial charge in [0, 0.05) is 12.3 Å². The number of hydrogen-bond acceptors (Lipinski definition) is 2. The number of rotatable bonds is 3. The normalized spacial score (nSPS) is 16.5. The molecule has 1 unspecified atom stereocenters. The number of aromatic nitrogens is 1. The highest BCUT2D eigenvalue weighted by Gasteiger charge is 2.25. The predicted octanol–water partition coefficient (Wildman–Crippen LogP) is 1.79. The Bertz CT molecular complexity index is 739. The second-order valence-electron chi connectivity index (χ2n) is 5.13. The number of halogens is 1. The molecule has 108 valence electrons. The Morgan fingerprint density at radius 2 is 2.14 bits per heavy atom. The van der Waals surface area contributed by atoms with E-state index < -0.39 is 0 Å². The first-order valence-electron chi connectivity index (χ1n) is 6.87. The minimum atomic E-state index is -0.245. The molecule has 0 fully saturated rings. The molecule has 1 amide bonds. The Labute approximate surface area is 121 Å². The van der Waals surface area contributed by atoms with Crippen molar-refractivity contribution in [3.8, 4) is 0 Å². The third kappa shape index (κ3) is 2.72. The number of benzene rings is 1. The van der Waals surface area contributed by atoms with Crippen LogP contribution in [0.5, 0.6) is 0 Å². The number of amides is 1. The van der Waals surface area contributed by atoms with Gasteiger partial charge in [0.1, 0.15) is 12.4 Å². The van der Waals surface area contributed by atoms with E-state index in [1.54, 1.807) is 24.4 Å². The number of nitrogens with one attached hydrogen (secondary N) is 1. The Morgan fingerprint density at radius 3 is 2.95 bits per heavy atom. The fourth-order valence-electron chi connectivity index (χ4n) is 2.75. The molecule has 1 heterocycles. The van der Waals surface area contributed by atoms with Crippen LogP contribution in [0.25, 0.3) is 0 Å². The number of pyridine rings is 1. The molecule has 1 aliphatic rings. The van der Waals surface area contributed by atoms with Crippen LogP contribution < -0.4 is 10.9 Å². The first-order valence-corrected chi connectivity index (χ1v) is 6.87. The molecule has 5 heteroatoms. The van der Waals surface area contributed by atoms with Gasteiger partial charge in [-0.3, -0.25) is 9.59 Å². The molecule has 0 aliphatic heterocycles. The molecule has 0 saturated heterocycles. The first kappa shape index (κ1) is 13.5. The van der Waals surface area contributed by atoms with E-state index in [0.717, 1.165) is 5.56 Å². The second-order valence-corrected chi connectivity index (χ2v) is 5.13. The molecule has 1 aromatic carbocycles. The van der Waals surface area contributed by atoms with Gasteiger partial charge in [0.25, 0.3) is 5.56 Å². The van der Waals surface area contributed by atoms with Crippen LogP contribution in [0, 0.1) is 5.82 Å². The van der Waals surface area contributed by atoms with Gasteiger partial charge >= 0.3 is 0 Å². The van der Waals surface area contributed by atoms with Crippen LogP contribution in [0.1, 0.15) is 23.6 Å². The van der Waals surface area contributed by atoms with Crippen molar-refractivity contribution < 1.29 is 9.18 Å². The maximum atomic E-state index is 13.6. The van der Waals surface area contributed by atoms with Gasteiger partial charge in [0.05, 0.1) is 6.04 Å². The van der Waals surface area contributed by atoms with Crippen molar-refractivity contribution in [1.29, 1.82) is 0 Å². The molecule has 0 radical (unpaired) electrons. The monoisotopic (exact) mass is 286 g/mol. The molecular formula is C16H15FN2O2. The molecule has 1 N–H and O–H groups in total. The summed E-state index contributed by atoms with van der Waals surface area (Å²) >= 11 is 0. The van der Waals surface area contributed by atoms with Crippen molar-refractivity contribution in [3.63, 3.8) is 0 Å². The molecule has 0 spiro atoms. The van der Waals surface area contributed by atoms with Crippen LogP contribution in [-0.2, 0) is 17.8 Å². The number of fused-ring (bicyclic) bond motifs is 1. The number of hydrogen-bond donors (Lipinski definition) is 1. The average Bonchev–Trinajstić information content (AvgIpc) is 2.86. The van der Waals surface area contributed by atoms with E-state index in [1.807, 2.05) is 6.07 Å². The van der Waals surface area contributed by atoms with Gasteiger partial charge in [-0.05, 0) is 36.1 Å². The topological polar surface area (TPSA) is 51.1 Å². The van der Waals surface area contributed by atoms with Crippen LogP contribution in [0.4, 0.5) is 4.39 Å². The SMILES string of the molecule is O=C(Cn1ccccc1=O)NC1CCc2c(F)cccc21. The van der Waals surface area contributed by atoms with Crippen LogP contribution in [0.3, 0.4) is 0 Å². The van der Waals surface area contributed by atoms with Crippen molar-refractivity contribution in [3.05, 3.63) is 69.9 Å². The molecular weight excluding hydrogens is 271 g/mol. The summed E-state index contributed by atoms with van der Waals surface area (Å²) in [7, 11) is 0. The molecule has 0 bridgehead atoms. The summed E-state index contributed by atoms with van der Waals surface area (Å²) in [5.74, 6) is -0.464. The Balaban J connectivity index is 1.72. The Hall–Kier alpha value is -2.43. The van der Waals surface area contributed by atoms with E-state index in [4.69, 9.17) is 0 Å². The molecule has 1 atom stereocenters. The fourth-order valence-corrected chi connectivity index (χ4v) is 2.75. The third-order valence-electron chi connectivity index (χ3n) is 3.76. The van der Waals surface area contributed by atoms with Crippen molar-refractivity contribution in [1.82, 2.24) is 9.88 Å². The number of carbonyl (C=O) groups is 1. The smallest absolute Gasteiger partial charge is 0.250 e. The second kappa shape index (κ2) is 5.52. The lowest BCUT2D eigenvalue weighted by atomic mass is 10.1. The quantitative estimate of drug-likeness (QED) is 0.935. The van der Waals surface area contributed by atoms with Crippen LogP contribution >= 0.6 is 0 Å². The highest BCUT2D eigenvalue weighted by Crippen LogP contribution is 2.32. The maximum Gasteiger partial charge on any atom is 0.250 e. The van der Waals surface area contributed by atoms with E-state index in [0.29, 0.717) is 18.4 Å². The van der Waals surface area contributed by atoms with Crippen LogP contribution in [-0.4, -0.2) is 10.5 Å². The van der Waals surface area contributed by atoms with Gasteiger partial charge < -0.3 is 9.88 Å². The lowest BCUT2D eigenvalue weighted by molar-refractivity contribution is -0.122. The van der Waals surface area contributed by atoms with E-state index in [2.05, 4.69) is 5.32 Å². The molecule has 3 rings (SSSR count). The molecule has 0 saturated carbocycles. The minimum absolute atomic E-state index is 0.0270. The van der Waals surface area contributed by atoms with E-state index in [1.165, 1.54) is 16.7 Å². The lowest BCUT2D eigenvalue weighted by Gasteiger charge is -2.14. The highest BCUT2D eigenvalue weighted by atomic mass is 19.1. The van der Waals surface area contributed by atoms with Gasteiger partial charge in [0.2, 0.25) is 5.91 Å². The minimum Gasteiger partial charge on any atom is -0.348 e. The summed E-state index contributed by atoms with van der Waals surface area (Å²) < 4.78 is 15.0. The van der Waals surface area contributed by atoms with Crippen molar-refractivity contribution in [2.45, 2.75) is 25.4 Å². The zero-order valence-electron chi connectivity index (χ0n) is 11.4. The van der Waals surface area contributed by atoms with Crippen LogP contribution in [0.15, 0.2) is 47.4 Å². The van der Waals surface area contributed by atoms with E-state index in [9.17, 15) is 14.0 Å². The van der Waals surface area contributed by atoms with E-state index in [-0.39, 0.29) is 29.9 Å². The molecule has 21 heavy (non-hydrogen) atoms. The highest BCUT2D eigenvalue weighted by molar-refractivity contribution is 5.76. The summed E-state index contributed by atoms with van der Waals surface area (Å²) in [5, 5.41) is 2.87. The summed E-state index contributed by atoms with van der Waals surface area (Å²) in [4.78, 5) is 23.6. The van der Waals surface area contributed by atoms with Gasteiger partial charge in [-0.15, -0.1) is 0 Å². The Kier molecular flexibility index (Phi) is 3.56.